The summed E-state index contributed by atoms with van der Waals surface area (Å²) < 4.78 is 0. The summed E-state index contributed by atoms with van der Waals surface area (Å²) in [5.41, 5.74) is 0.000764. The van der Waals surface area contributed by atoms with Crippen LogP contribution in [0.2, 0.25) is 0 Å². The van der Waals surface area contributed by atoms with Crippen molar-refractivity contribution in [2.45, 2.75) is 44.6 Å². The van der Waals surface area contributed by atoms with E-state index >= 15 is 0 Å². The zero-order valence-corrected chi connectivity index (χ0v) is 11.1. The highest BCUT2D eigenvalue weighted by Gasteiger charge is 2.30. The predicted octanol–water partition coefficient (Wildman–Crippen LogP) is 1.47. The third kappa shape index (κ3) is 4.40. The summed E-state index contributed by atoms with van der Waals surface area (Å²) in [6.07, 6.45) is 6.06. The first-order valence-electron chi connectivity index (χ1n) is 6.58. The van der Waals surface area contributed by atoms with Gasteiger partial charge in [-0.15, -0.1) is 0 Å². The smallest absolute Gasteiger partial charge is 0.0613 e. The maximum atomic E-state index is 9.64. The number of aliphatic hydroxyl groups is 1. The van der Waals surface area contributed by atoms with Crippen LogP contribution in [-0.4, -0.2) is 49.3 Å². The zero-order chi connectivity index (χ0) is 12.0. The molecule has 1 aliphatic carbocycles. The quantitative estimate of drug-likeness (QED) is 0.700. The van der Waals surface area contributed by atoms with Gasteiger partial charge in [-0.05, 0) is 39.3 Å². The number of likely N-dealkylation sites (N-methyl/N-ethyl adjacent to an activating group) is 1. The Hall–Kier alpha value is -0.120. The summed E-state index contributed by atoms with van der Waals surface area (Å²) in [5, 5.41) is 13.2. The Balaban J connectivity index is 2.42. The molecule has 1 rings (SSSR count). The Labute approximate surface area is 100 Å². The molecule has 96 valence electrons. The first-order chi connectivity index (χ1) is 7.58. The van der Waals surface area contributed by atoms with Crippen LogP contribution in [0, 0.1) is 5.92 Å². The van der Waals surface area contributed by atoms with Crippen LogP contribution in [0.15, 0.2) is 0 Å². The summed E-state index contributed by atoms with van der Waals surface area (Å²) in [7, 11) is 4.17. The third-order valence-electron chi connectivity index (χ3n) is 3.83. The number of hydrogen-bond donors (Lipinski definition) is 2. The Kier molecular flexibility index (Phi) is 5.73. The number of rotatable bonds is 5. The van der Waals surface area contributed by atoms with Gasteiger partial charge in [0.15, 0.2) is 0 Å². The molecule has 0 aliphatic heterocycles. The Morgan fingerprint density at radius 2 is 2.06 bits per heavy atom. The molecule has 0 aromatic carbocycles. The lowest BCUT2D eigenvalue weighted by Gasteiger charge is -2.32. The second-order valence-electron chi connectivity index (χ2n) is 5.70. The summed E-state index contributed by atoms with van der Waals surface area (Å²) in [6, 6.07) is 0. The monoisotopic (exact) mass is 228 g/mol. The Bertz CT molecular complexity index is 196. The fourth-order valence-electron chi connectivity index (χ4n) is 2.52. The SMILES string of the molecule is CC1CCCC(CO)(NCCN(C)C)CC1. The van der Waals surface area contributed by atoms with Crippen LogP contribution in [-0.2, 0) is 0 Å². The largest absolute Gasteiger partial charge is 0.394 e. The molecule has 0 aromatic heterocycles. The standard InChI is InChI=1S/C13H28N2O/c1-12-5-4-7-13(11-16,8-6-12)14-9-10-15(2)3/h12,14,16H,4-11H2,1-3H3. The first kappa shape index (κ1) is 13.9. The molecule has 3 nitrogen and oxygen atoms in total. The molecule has 2 atom stereocenters. The lowest BCUT2D eigenvalue weighted by molar-refractivity contribution is 0.140. The highest BCUT2D eigenvalue weighted by atomic mass is 16.3. The van der Waals surface area contributed by atoms with E-state index in [0.29, 0.717) is 0 Å². The molecule has 0 spiro atoms. The van der Waals surface area contributed by atoms with Crippen molar-refractivity contribution in [1.82, 2.24) is 10.2 Å². The minimum absolute atomic E-state index is 0.000764. The molecule has 0 heterocycles. The van der Waals surface area contributed by atoms with Crippen molar-refractivity contribution in [3.8, 4) is 0 Å². The van der Waals surface area contributed by atoms with Crippen molar-refractivity contribution >= 4 is 0 Å². The molecule has 2 N–H and O–H groups in total. The highest BCUT2D eigenvalue weighted by molar-refractivity contribution is 4.90. The first-order valence-corrected chi connectivity index (χ1v) is 6.58. The van der Waals surface area contributed by atoms with Crippen molar-refractivity contribution in [1.29, 1.82) is 0 Å². The van der Waals surface area contributed by atoms with Crippen LogP contribution in [0.25, 0.3) is 0 Å². The van der Waals surface area contributed by atoms with Gasteiger partial charge in [-0.2, -0.15) is 0 Å². The van der Waals surface area contributed by atoms with E-state index in [2.05, 4.69) is 31.2 Å². The van der Waals surface area contributed by atoms with E-state index in [1.807, 2.05) is 0 Å². The van der Waals surface area contributed by atoms with Crippen molar-refractivity contribution in [3.05, 3.63) is 0 Å². The van der Waals surface area contributed by atoms with Crippen molar-refractivity contribution in [2.75, 3.05) is 33.8 Å². The topological polar surface area (TPSA) is 35.5 Å². The summed E-state index contributed by atoms with van der Waals surface area (Å²) in [5.74, 6) is 0.823. The van der Waals surface area contributed by atoms with Crippen LogP contribution in [0.5, 0.6) is 0 Å². The molecular weight excluding hydrogens is 200 g/mol. The van der Waals surface area contributed by atoms with E-state index < -0.39 is 0 Å². The maximum absolute atomic E-state index is 9.64. The Morgan fingerprint density at radius 1 is 1.31 bits per heavy atom. The molecule has 2 unspecified atom stereocenters. The van der Waals surface area contributed by atoms with Crippen LogP contribution < -0.4 is 5.32 Å². The van der Waals surface area contributed by atoms with Gasteiger partial charge in [0.2, 0.25) is 0 Å². The van der Waals surface area contributed by atoms with Crippen LogP contribution in [0.1, 0.15) is 39.0 Å². The average Bonchev–Trinajstić information content (AvgIpc) is 2.41. The minimum Gasteiger partial charge on any atom is -0.394 e. The maximum Gasteiger partial charge on any atom is 0.0613 e. The van der Waals surface area contributed by atoms with Gasteiger partial charge in [-0.1, -0.05) is 19.8 Å². The zero-order valence-electron chi connectivity index (χ0n) is 11.1. The van der Waals surface area contributed by atoms with E-state index in [0.717, 1.165) is 31.8 Å². The molecule has 1 fully saturated rings. The predicted molar refractivity (Wildman–Crippen MR) is 68.6 cm³/mol. The molecule has 3 heteroatoms. The van der Waals surface area contributed by atoms with E-state index in [1.165, 1.54) is 19.3 Å². The summed E-state index contributed by atoms with van der Waals surface area (Å²) in [6.45, 7) is 4.62. The van der Waals surface area contributed by atoms with Crippen molar-refractivity contribution in [2.24, 2.45) is 5.92 Å². The van der Waals surface area contributed by atoms with Crippen LogP contribution in [0.3, 0.4) is 0 Å². The van der Waals surface area contributed by atoms with Crippen molar-refractivity contribution < 1.29 is 5.11 Å². The van der Waals surface area contributed by atoms with E-state index in [4.69, 9.17) is 0 Å². The second-order valence-corrected chi connectivity index (χ2v) is 5.70. The molecule has 1 saturated carbocycles. The molecule has 0 bridgehead atoms. The van der Waals surface area contributed by atoms with Gasteiger partial charge in [-0.25, -0.2) is 0 Å². The number of nitrogens with zero attached hydrogens (tertiary/aromatic N) is 1. The molecule has 0 aromatic rings. The average molecular weight is 228 g/mol. The molecule has 0 amide bonds. The van der Waals surface area contributed by atoms with Gasteiger partial charge in [-0.3, -0.25) is 0 Å². The normalized spacial score (nSPS) is 31.7. The van der Waals surface area contributed by atoms with E-state index in [9.17, 15) is 5.11 Å². The van der Waals surface area contributed by atoms with Gasteiger partial charge < -0.3 is 15.3 Å². The molecule has 0 radical (unpaired) electrons. The summed E-state index contributed by atoms with van der Waals surface area (Å²) in [4.78, 5) is 2.18. The van der Waals surface area contributed by atoms with Gasteiger partial charge >= 0.3 is 0 Å². The minimum atomic E-state index is 0.000764. The molecule has 0 saturated heterocycles. The van der Waals surface area contributed by atoms with Gasteiger partial charge in [0.05, 0.1) is 6.61 Å². The number of aliphatic hydroxyl groups excluding tert-OH is 1. The Morgan fingerprint density at radius 3 is 2.69 bits per heavy atom. The van der Waals surface area contributed by atoms with Crippen molar-refractivity contribution in [3.63, 3.8) is 0 Å². The molecule has 1 aliphatic rings. The summed E-state index contributed by atoms with van der Waals surface area (Å²) >= 11 is 0. The van der Waals surface area contributed by atoms with Crippen LogP contribution in [0.4, 0.5) is 0 Å². The fourth-order valence-corrected chi connectivity index (χ4v) is 2.52. The van der Waals surface area contributed by atoms with Crippen LogP contribution >= 0.6 is 0 Å². The van der Waals surface area contributed by atoms with E-state index in [1.54, 1.807) is 0 Å². The highest BCUT2D eigenvalue weighted by Crippen LogP contribution is 2.29. The lowest BCUT2D eigenvalue weighted by Crippen LogP contribution is -2.50. The van der Waals surface area contributed by atoms with Gasteiger partial charge in [0.25, 0.3) is 0 Å². The van der Waals surface area contributed by atoms with Gasteiger partial charge in [0.1, 0.15) is 0 Å². The lowest BCUT2D eigenvalue weighted by atomic mass is 9.90. The molecular formula is C13H28N2O. The third-order valence-corrected chi connectivity index (χ3v) is 3.83. The van der Waals surface area contributed by atoms with E-state index in [-0.39, 0.29) is 12.1 Å². The second kappa shape index (κ2) is 6.58. The number of hydrogen-bond acceptors (Lipinski definition) is 3. The number of nitrogens with one attached hydrogen (secondary N) is 1. The molecule has 16 heavy (non-hydrogen) atoms. The van der Waals surface area contributed by atoms with Gasteiger partial charge in [0, 0.05) is 18.6 Å². The fraction of sp³-hybridized carbons (Fsp3) is 1.00.